The van der Waals surface area contributed by atoms with Crippen molar-refractivity contribution >= 4 is 10.9 Å². The summed E-state index contributed by atoms with van der Waals surface area (Å²) in [5.74, 6) is 0.478. The summed E-state index contributed by atoms with van der Waals surface area (Å²) in [6.07, 6.45) is 16.0. The van der Waals surface area contributed by atoms with Crippen LogP contribution in [0.2, 0.25) is 0 Å². The van der Waals surface area contributed by atoms with Gasteiger partial charge in [-0.1, -0.05) is 120 Å². The van der Waals surface area contributed by atoms with Gasteiger partial charge in [0.2, 0.25) is 5.43 Å². The SMILES string of the molecule is CCCCCCCCCCCCCCn1c(-c2ccccc2)c(OCC)c(=O)c2ccccc21. The Hall–Kier alpha value is -2.55. The second kappa shape index (κ2) is 14.7. The molecule has 1 heterocycles. The van der Waals surface area contributed by atoms with Gasteiger partial charge in [-0.2, -0.15) is 0 Å². The van der Waals surface area contributed by atoms with Gasteiger partial charge in [-0.25, -0.2) is 0 Å². The Morgan fingerprint density at radius 3 is 1.85 bits per heavy atom. The summed E-state index contributed by atoms with van der Waals surface area (Å²) in [7, 11) is 0. The Morgan fingerprint density at radius 1 is 0.676 bits per heavy atom. The van der Waals surface area contributed by atoms with E-state index in [0.717, 1.165) is 35.1 Å². The van der Waals surface area contributed by atoms with Crippen LogP contribution in [0.1, 0.15) is 90.9 Å². The summed E-state index contributed by atoms with van der Waals surface area (Å²) < 4.78 is 8.26. The first-order chi connectivity index (χ1) is 16.8. The molecule has 0 fully saturated rings. The van der Waals surface area contributed by atoms with Crippen molar-refractivity contribution in [2.45, 2.75) is 97.4 Å². The van der Waals surface area contributed by atoms with Gasteiger partial charge in [0, 0.05) is 17.5 Å². The minimum atomic E-state index is -0.0118. The van der Waals surface area contributed by atoms with E-state index in [1.165, 1.54) is 70.6 Å². The molecule has 0 bridgehead atoms. The molecule has 0 aliphatic heterocycles. The average Bonchev–Trinajstić information content (AvgIpc) is 2.87. The zero-order chi connectivity index (χ0) is 24.0. The van der Waals surface area contributed by atoms with Crippen LogP contribution < -0.4 is 10.2 Å². The smallest absolute Gasteiger partial charge is 0.231 e. The average molecular weight is 462 g/mol. The van der Waals surface area contributed by atoms with Gasteiger partial charge in [-0.3, -0.25) is 4.79 Å². The Kier molecular flexibility index (Phi) is 11.2. The number of para-hydroxylation sites is 1. The summed E-state index contributed by atoms with van der Waals surface area (Å²) >= 11 is 0. The Balaban J connectivity index is 1.64. The maximum atomic E-state index is 13.3. The number of aryl methyl sites for hydroxylation is 1. The fourth-order valence-corrected chi connectivity index (χ4v) is 4.88. The van der Waals surface area contributed by atoms with Gasteiger partial charge in [0.1, 0.15) is 0 Å². The minimum absolute atomic E-state index is 0.0118. The number of aromatic nitrogens is 1. The lowest BCUT2D eigenvalue weighted by Gasteiger charge is -2.21. The maximum absolute atomic E-state index is 13.3. The number of fused-ring (bicyclic) bond motifs is 1. The highest BCUT2D eigenvalue weighted by Gasteiger charge is 2.19. The van der Waals surface area contributed by atoms with Crippen molar-refractivity contribution in [3.8, 4) is 17.0 Å². The highest BCUT2D eigenvalue weighted by atomic mass is 16.5. The van der Waals surface area contributed by atoms with Gasteiger partial charge in [0.25, 0.3) is 0 Å². The van der Waals surface area contributed by atoms with Gasteiger partial charge >= 0.3 is 0 Å². The summed E-state index contributed by atoms with van der Waals surface area (Å²) in [6.45, 7) is 5.59. The molecule has 0 atom stereocenters. The fraction of sp³-hybridized carbons (Fsp3) is 0.516. The van der Waals surface area contributed by atoms with E-state index in [9.17, 15) is 4.79 Å². The van der Waals surface area contributed by atoms with Crippen molar-refractivity contribution < 1.29 is 4.74 Å². The van der Waals surface area contributed by atoms with Crippen molar-refractivity contribution in [3.63, 3.8) is 0 Å². The summed E-state index contributed by atoms with van der Waals surface area (Å²) in [5.41, 5.74) is 2.93. The van der Waals surface area contributed by atoms with Gasteiger partial charge in [-0.05, 0) is 25.5 Å². The molecule has 0 saturated carbocycles. The molecule has 184 valence electrons. The number of ether oxygens (including phenoxy) is 1. The highest BCUT2D eigenvalue weighted by molar-refractivity contribution is 5.86. The summed E-state index contributed by atoms with van der Waals surface area (Å²) in [6, 6.07) is 18.2. The van der Waals surface area contributed by atoms with Crippen molar-refractivity contribution in [3.05, 3.63) is 64.8 Å². The third-order valence-corrected chi connectivity index (χ3v) is 6.70. The van der Waals surface area contributed by atoms with Crippen LogP contribution in [0.3, 0.4) is 0 Å². The molecule has 1 aromatic heterocycles. The summed E-state index contributed by atoms with van der Waals surface area (Å²) in [5, 5.41) is 0.740. The zero-order valence-corrected chi connectivity index (χ0v) is 21.4. The number of unbranched alkanes of at least 4 members (excludes halogenated alkanes) is 11. The topological polar surface area (TPSA) is 31.2 Å². The predicted molar refractivity (Wildman–Crippen MR) is 146 cm³/mol. The van der Waals surface area contributed by atoms with Gasteiger partial charge in [0.15, 0.2) is 5.75 Å². The van der Waals surface area contributed by atoms with E-state index in [1.807, 2.05) is 43.3 Å². The molecular weight excluding hydrogens is 418 g/mol. The number of benzene rings is 2. The molecule has 3 aromatic rings. The molecule has 3 nitrogen and oxygen atoms in total. The van der Waals surface area contributed by atoms with Gasteiger partial charge < -0.3 is 9.30 Å². The third-order valence-electron chi connectivity index (χ3n) is 6.70. The molecule has 0 unspecified atom stereocenters. The normalized spacial score (nSPS) is 11.2. The van der Waals surface area contributed by atoms with E-state index in [4.69, 9.17) is 4.74 Å². The van der Waals surface area contributed by atoms with E-state index in [2.05, 4.69) is 29.7 Å². The van der Waals surface area contributed by atoms with Crippen molar-refractivity contribution in [1.82, 2.24) is 4.57 Å². The molecule has 0 aliphatic carbocycles. The Bertz CT molecular complexity index is 1040. The minimum Gasteiger partial charge on any atom is -0.488 e. The molecule has 34 heavy (non-hydrogen) atoms. The quantitative estimate of drug-likeness (QED) is 0.200. The first kappa shape index (κ1) is 26.1. The lowest BCUT2D eigenvalue weighted by atomic mass is 10.0. The van der Waals surface area contributed by atoms with Crippen molar-refractivity contribution in [1.29, 1.82) is 0 Å². The maximum Gasteiger partial charge on any atom is 0.231 e. The van der Waals surface area contributed by atoms with Crippen LogP contribution in [0, 0.1) is 0 Å². The Labute approximate surface area is 206 Å². The number of hydrogen-bond acceptors (Lipinski definition) is 2. The van der Waals surface area contributed by atoms with Crippen LogP contribution in [0.15, 0.2) is 59.4 Å². The third kappa shape index (κ3) is 7.22. The monoisotopic (exact) mass is 461 g/mol. The van der Waals surface area contributed by atoms with Crippen LogP contribution in [-0.4, -0.2) is 11.2 Å². The lowest BCUT2D eigenvalue weighted by Crippen LogP contribution is -2.17. The first-order valence-corrected chi connectivity index (χ1v) is 13.6. The van der Waals surface area contributed by atoms with E-state index < -0.39 is 0 Å². The fourth-order valence-electron chi connectivity index (χ4n) is 4.88. The molecule has 0 aliphatic rings. The molecule has 0 spiro atoms. The van der Waals surface area contributed by atoms with Gasteiger partial charge in [0.05, 0.1) is 17.8 Å². The van der Waals surface area contributed by atoms with E-state index in [0.29, 0.717) is 12.4 Å². The van der Waals surface area contributed by atoms with Crippen LogP contribution in [0.4, 0.5) is 0 Å². The standard InChI is InChI=1S/C31H43NO2/c1-3-5-6-7-8-9-10-11-12-13-14-20-25-32-28-24-19-18-23-27(28)30(33)31(34-4-2)29(32)26-21-16-15-17-22-26/h15-19,21-24H,3-14,20,25H2,1-2H3. The largest absolute Gasteiger partial charge is 0.488 e. The molecule has 0 saturated heterocycles. The molecule has 2 aromatic carbocycles. The van der Waals surface area contributed by atoms with Crippen LogP contribution in [-0.2, 0) is 6.54 Å². The van der Waals surface area contributed by atoms with Crippen molar-refractivity contribution in [2.24, 2.45) is 0 Å². The second-order valence-electron chi connectivity index (χ2n) is 9.36. The van der Waals surface area contributed by atoms with Gasteiger partial charge in [-0.15, -0.1) is 0 Å². The molecular formula is C31H43NO2. The van der Waals surface area contributed by atoms with Crippen molar-refractivity contribution in [2.75, 3.05) is 6.61 Å². The van der Waals surface area contributed by atoms with Crippen LogP contribution in [0.25, 0.3) is 22.2 Å². The number of hydrogen-bond donors (Lipinski definition) is 0. The van der Waals surface area contributed by atoms with Crippen LogP contribution >= 0.6 is 0 Å². The second-order valence-corrected chi connectivity index (χ2v) is 9.36. The Morgan fingerprint density at radius 2 is 1.24 bits per heavy atom. The number of pyridine rings is 1. The first-order valence-electron chi connectivity index (χ1n) is 13.6. The van der Waals surface area contributed by atoms with Crippen LogP contribution in [0.5, 0.6) is 5.75 Å². The van der Waals surface area contributed by atoms with E-state index >= 15 is 0 Å². The molecule has 3 rings (SSSR count). The zero-order valence-electron chi connectivity index (χ0n) is 21.4. The molecule has 0 N–H and O–H groups in total. The molecule has 0 amide bonds. The van der Waals surface area contributed by atoms with E-state index in [1.54, 1.807) is 0 Å². The number of nitrogens with zero attached hydrogens (tertiary/aromatic N) is 1. The molecule has 3 heteroatoms. The number of rotatable bonds is 16. The van der Waals surface area contributed by atoms with E-state index in [-0.39, 0.29) is 5.43 Å². The summed E-state index contributed by atoms with van der Waals surface area (Å²) in [4.78, 5) is 13.3. The lowest BCUT2D eigenvalue weighted by molar-refractivity contribution is 0.336. The predicted octanol–water partition coefficient (Wildman–Crippen LogP) is 8.77. The highest BCUT2D eigenvalue weighted by Crippen LogP contribution is 2.31. The molecule has 0 radical (unpaired) electrons.